The fraction of sp³-hybridized carbons (Fsp3) is 0.588. The van der Waals surface area contributed by atoms with Gasteiger partial charge in [0.05, 0.1) is 11.1 Å². The maximum absolute atomic E-state index is 13.1. The number of piperidine rings is 1. The molecule has 0 aromatic heterocycles. The number of carbonyl (C=O) groups excluding carboxylic acids is 1. The first kappa shape index (κ1) is 15.9. The van der Waals surface area contributed by atoms with Crippen molar-refractivity contribution in [1.82, 2.24) is 4.90 Å². The van der Waals surface area contributed by atoms with Crippen molar-refractivity contribution in [2.75, 3.05) is 19.6 Å². The van der Waals surface area contributed by atoms with Gasteiger partial charge in [0.25, 0.3) is 5.92 Å². The van der Waals surface area contributed by atoms with Gasteiger partial charge in [-0.2, -0.15) is 0 Å². The highest BCUT2D eigenvalue weighted by Gasteiger charge is 2.28. The molecule has 1 saturated heterocycles. The van der Waals surface area contributed by atoms with Crippen LogP contribution in [0.1, 0.15) is 49.0 Å². The third kappa shape index (κ3) is 4.01. The Balaban J connectivity index is 2.05. The Morgan fingerprint density at radius 3 is 2.76 bits per heavy atom. The fourth-order valence-electron chi connectivity index (χ4n) is 2.79. The minimum absolute atomic E-state index is 0.00183. The average Bonchev–Trinajstić information content (AvgIpc) is 2.46. The topological polar surface area (TPSA) is 20.3 Å². The van der Waals surface area contributed by atoms with Crippen LogP contribution >= 0.6 is 0 Å². The summed E-state index contributed by atoms with van der Waals surface area (Å²) < 4.78 is 26.3. The summed E-state index contributed by atoms with van der Waals surface area (Å²) in [5, 5.41) is 0. The van der Waals surface area contributed by atoms with Gasteiger partial charge in [-0.15, -0.1) is 0 Å². The first-order valence-electron chi connectivity index (χ1n) is 7.50. The van der Waals surface area contributed by atoms with Crippen molar-refractivity contribution >= 4 is 5.78 Å². The number of nitrogens with zero attached hydrogens (tertiary/aromatic N) is 1. The summed E-state index contributed by atoms with van der Waals surface area (Å²) in [5.74, 6) is -3.00. The molecule has 1 atom stereocenters. The van der Waals surface area contributed by atoms with Crippen molar-refractivity contribution in [3.63, 3.8) is 0 Å². The van der Waals surface area contributed by atoms with Gasteiger partial charge in [-0.1, -0.05) is 19.1 Å². The number of rotatable bonds is 5. The van der Waals surface area contributed by atoms with Crippen LogP contribution in [0.25, 0.3) is 0 Å². The number of halogens is 2. The van der Waals surface area contributed by atoms with Gasteiger partial charge in [-0.3, -0.25) is 4.79 Å². The van der Waals surface area contributed by atoms with E-state index >= 15 is 0 Å². The van der Waals surface area contributed by atoms with Crippen LogP contribution in [0.3, 0.4) is 0 Å². The van der Waals surface area contributed by atoms with Gasteiger partial charge < -0.3 is 4.90 Å². The van der Waals surface area contributed by atoms with E-state index < -0.39 is 5.92 Å². The van der Waals surface area contributed by atoms with E-state index in [1.54, 1.807) is 0 Å². The van der Waals surface area contributed by atoms with Gasteiger partial charge in [-0.25, -0.2) is 8.78 Å². The van der Waals surface area contributed by atoms with Crippen LogP contribution in [0.5, 0.6) is 0 Å². The van der Waals surface area contributed by atoms with Crippen LogP contribution < -0.4 is 0 Å². The highest BCUT2D eigenvalue weighted by molar-refractivity contribution is 5.97. The van der Waals surface area contributed by atoms with E-state index in [-0.39, 0.29) is 17.3 Å². The van der Waals surface area contributed by atoms with Gasteiger partial charge in [0.2, 0.25) is 0 Å². The van der Waals surface area contributed by atoms with Crippen molar-refractivity contribution in [2.45, 2.75) is 39.0 Å². The molecule has 1 aromatic carbocycles. The van der Waals surface area contributed by atoms with Gasteiger partial charge in [0.15, 0.2) is 5.78 Å². The molecule has 0 bridgehead atoms. The minimum atomic E-state index is -2.94. The molecule has 0 radical (unpaired) electrons. The quantitative estimate of drug-likeness (QED) is 0.771. The molecule has 1 fully saturated rings. The molecule has 0 spiro atoms. The number of carbonyl (C=O) groups is 1. The molecule has 2 rings (SSSR count). The van der Waals surface area contributed by atoms with E-state index in [0.717, 1.165) is 45.8 Å². The fourth-order valence-corrected chi connectivity index (χ4v) is 2.79. The van der Waals surface area contributed by atoms with Crippen LogP contribution in [0.15, 0.2) is 12.1 Å². The van der Waals surface area contributed by atoms with Gasteiger partial charge in [0.1, 0.15) is 0 Å². The third-order valence-corrected chi connectivity index (χ3v) is 3.90. The average molecular weight is 293 g/mol. The van der Waals surface area contributed by atoms with Crippen LogP contribution in [0, 0.1) is 18.1 Å². The lowest BCUT2D eigenvalue weighted by atomic mass is 9.90. The molecule has 114 valence electrons. The number of Topliss-reactive ketones (excluding diaryl/α,β-unsaturated/α-hetero) is 1. The Morgan fingerprint density at radius 2 is 2.19 bits per heavy atom. The van der Waals surface area contributed by atoms with E-state index in [4.69, 9.17) is 0 Å². The highest BCUT2D eigenvalue weighted by atomic mass is 19.3. The number of hydrogen-bond acceptors (Lipinski definition) is 2. The van der Waals surface area contributed by atoms with Gasteiger partial charge in [-0.05, 0) is 44.5 Å². The summed E-state index contributed by atoms with van der Waals surface area (Å²) >= 11 is 0. The van der Waals surface area contributed by atoms with Crippen LogP contribution in [0.2, 0.25) is 0 Å². The zero-order valence-electron chi connectivity index (χ0n) is 12.6. The lowest BCUT2D eigenvalue weighted by molar-refractivity contribution is 0.0174. The molecule has 2 nitrogen and oxygen atoms in total. The van der Waals surface area contributed by atoms with Crippen LogP contribution in [-0.4, -0.2) is 30.3 Å². The molecule has 1 heterocycles. The third-order valence-electron chi connectivity index (χ3n) is 3.90. The molecular weight excluding hydrogens is 272 g/mol. The molecule has 0 aliphatic carbocycles. The van der Waals surface area contributed by atoms with Crippen LogP contribution in [-0.2, 0) is 5.92 Å². The Morgan fingerprint density at radius 1 is 1.43 bits per heavy atom. The van der Waals surface area contributed by atoms with Crippen LogP contribution in [0.4, 0.5) is 8.78 Å². The lowest BCUT2D eigenvalue weighted by Gasteiger charge is -2.31. The molecule has 1 aliphatic heterocycles. The molecule has 21 heavy (non-hydrogen) atoms. The summed E-state index contributed by atoms with van der Waals surface area (Å²) in [6.45, 7) is 5.73. The second kappa shape index (κ2) is 6.53. The smallest absolute Gasteiger partial charge is 0.278 e. The van der Waals surface area contributed by atoms with Crippen molar-refractivity contribution in [1.29, 1.82) is 0 Å². The second-order valence-electron chi connectivity index (χ2n) is 5.80. The molecule has 1 unspecified atom stereocenters. The molecule has 1 aliphatic rings. The summed E-state index contributed by atoms with van der Waals surface area (Å²) in [5.41, 5.74) is 0.140. The van der Waals surface area contributed by atoms with E-state index in [9.17, 15) is 13.6 Å². The van der Waals surface area contributed by atoms with Crippen molar-refractivity contribution in [2.24, 2.45) is 5.92 Å². The molecule has 0 amide bonds. The maximum atomic E-state index is 13.1. The minimum Gasteiger partial charge on any atom is -0.303 e. The Hall–Kier alpha value is -1.47. The molecular formula is C17H21F2NO. The van der Waals surface area contributed by atoms with E-state index in [1.807, 2.05) is 0 Å². The number of alkyl halides is 2. The lowest BCUT2D eigenvalue weighted by Crippen LogP contribution is -2.39. The standard InChI is InChI=1S/C17H21F2NO/c1-3-10-20-11-4-5-14(12-20)16(21)13-6-8-15(9-7-13)17(2,18)19/h6,8,14H,3-5,10-12H2,1-2H3. The Bertz CT molecular complexity index is 477. The highest BCUT2D eigenvalue weighted by Crippen LogP contribution is 2.26. The predicted molar refractivity (Wildman–Crippen MR) is 77.5 cm³/mol. The first-order chi connectivity index (χ1) is 9.91. The zero-order valence-corrected chi connectivity index (χ0v) is 12.6. The van der Waals surface area contributed by atoms with E-state index in [1.165, 1.54) is 12.1 Å². The predicted octanol–water partition coefficient (Wildman–Crippen LogP) is 3.70. The molecule has 4 heteroatoms. The summed E-state index contributed by atoms with van der Waals surface area (Å²) in [7, 11) is 0. The van der Waals surface area contributed by atoms with Crippen molar-refractivity contribution in [3.05, 3.63) is 35.4 Å². The van der Waals surface area contributed by atoms with E-state index in [2.05, 4.69) is 24.0 Å². The van der Waals surface area contributed by atoms with Crippen molar-refractivity contribution in [3.8, 4) is 0 Å². The second-order valence-corrected chi connectivity index (χ2v) is 5.80. The van der Waals surface area contributed by atoms with Gasteiger partial charge >= 0.3 is 0 Å². The Kier molecular flexibility index (Phi) is 4.95. The van der Waals surface area contributed by atoms with Crippen molar-refractivity contribution < 1.29 is 13.6 Å². The first-order valence-corrected chi connectivity index (χ1v) is 7.50. The molecule has 1 aromatic rings. The van der Waals surface area contributed by atoms with E-state index in [0.29, 0.717) is 5.56 Å². The zero-order chi connectivity index (χ0) is 15.5. The van der Waals surface area contributed by atoms with Gasteiger partial charge in [0, 0.05) is 19.4 Å². The number of ketones is 1. The summed E-state index contributed by atoms with van der Waals surface area (Å²) in [6, 6.07) is 7.76. The maximum Gasteiger partial charge on any atom is 0.278 e. The normalized spacial score (nSPS) is 20.1. The molecule has 0 N–H and O–H groups in total. The monoisotopic (exact) mass is 293 g/mol. The number of likely N-dealkylation sites (tertiary alicyclic amines) is 1. The summed E-state index contributed by atoms with van der Waals surface area (Å²) in [4.78, 5) is 14.7. The summed E-state index contributed by atoms with van der Waals surface area (Å²) in [6.07, 6.45) is 2.94. The number of hydrogen-bond donors (Lipinski definition) is 0. The molecule has 0 saturated carbocycles. The SMILES string of the molecule is CCCN1CCCC(C(=O)c2c#cc(C(C)(F)F)cc2)C1. The Labute approximate surface area is 125 Å². The largest absolute Gasteiger partial charge is 0.303 e.